The molecule has 0 radical (unpaired) electrons. The smallest absolute Gasteiger partial charge is 0.319 e. The summed E-state index contributed by atoms with van der Waals surface area (Å²) in [5.74, 6) is -0.0915. The molecule has 2 aromatic rings. The van der Waals surface area contributed by atoms with Crippen LogP contribution in [0.15, 0.2) is 22.5 Å². The van der Waals surface area contributed by atoms with E-state index in [1.54, 1.807) is 21.0 Å². The molecule has 0 spiro atoms. The third-order valence-corrected chi connectivity index (χ3v) is 4.71. The molecule has 1 aromatic heterocycles. The van der Waals surface area contributed by atoms with Gasteiger partial charge in [-0.15, -0.1) is 11.3 Å². The Hall–Kier alpha value is -1.27. The second kappa shape index (κ2) is 4.78. The molecule has 0 atom stereocenters. The topological polar surface area (TPSA) is 59.4 Å². The normalized spacial score (nSPS) is 11.7. The molecule has 6 heteroatoms. The minimum atomic E-state index is -0.877. The first-order chi connectivity index (χ1) is 8.42. The van der Waals surface area contributed by atoms with Gasteiger partial charge in [0, 0.05) is 6.07 Å². The van der Waals surface area contributed by atoms with Crippen molar-refractivity contribution in [3.8, 4) is 5.75 Å². The molecule has 0 unspecified atom stereocenters. The van der Waals surface area contributed by atoms with Crippen molar-refractivity contribution in [3.05, 3.63) is 18.2 Å². The van der Waals surface area contributed by atoms with Gasteiger partial charge in [-0.05, 0) is 26.0 Å². The lowest BCUT2D eigenvalue weighted by atomic mass is 10.2. The van der Waals surface area contributed by atoms with E-state index in [0.29, 0.717) is 0 Å². The number of thioether (sulfide) groups is 1. The molecule has 0 amide bonds. The first kappa shape index (κ1) is 13.2. The summed E-state index contributed by atoms with van der Waals surface area (Å²) in [5.41, 5.74) is 0.836. The minimum Gasteiger partial charge on any atom is -0.497 e. The molecular weight excluding hydrogens is 270 g/mol. The summed E-state index contributed by atoms with van der Waals surface area (Å²) < 4.78 is 6.04. The number of aromatic nitrogens is 1. The van der Waals surface area contributed by atoms with Crippen LogP contribution in [0.25, 0.3) is 10.2 Å². The van der Waals surface area contributed by atoms with Gasteiger partial charge in [-0.25, -0.2) is 4.98 Å². The van der Waals surface area contributed by atoms with Crippen molar-refractivity contribution in [3.63, 3.8) is 0 Å². The fraction of sp³-hybridized carbons (Fsp3) is 0.333. The predicted octanol–water partition coefficient (Wildman–Crippen LogP) is 3.26. The molecule has 0 fully saturated rings. The molecule has 96 valence electrons. The number of thiazole rings is 1. The van der Waals surface area contributed by atoms with Crippen LogP contribution in [0.5, 0.6) is 5.75 Å². The zero-order valence-electron chi connectivity index (χ0n) is 10.3. The first-order valence-corrected chi connectivity index (χ1v) is 6.92. The molecule has 0 saturated heterocycles. The lowest BCUT2D eigenvalue weighted by Crippen LogP contribution is -2.26. The number of methoxy groups -OCH3 is 1. The molecule has 0 aliphatic carbocycles. The van der Waals surface area contributed by atoms with Crippen molar-refractivity contribution in [2.45, 2.75) is 22.9 Å². The highest BCUT2D eigenvalue weighted by Crippen LogP contribution is 2.38. The van der Waals surface area contributed by atoms with E-state index in [2.05, 4.69) is 4.98 Å². The zero-order valence-corrected chi connectivity index (χ0v) is 11.9. The summed E-state index contributed by atoms with van der Waals surface area (Å²) in [4.78, 5) is 15.5. The van der Waals surface area contributed by atoms with Crippen molar-refractivity contribution in [1.29, 1.82) is 0 Å². The van der Waals surface area contributed by atoms with E-state index in [1.165, 1.54) is 23.1 Å². The number of fused-ring (bicyclic) bond motifs is 1. The van der Waals surface area contributed by atoms with Gasteiger partial charge in [0.25, 0.3) is 0 Å². The van der Waals surface area contributed by atoms with Gasteiger partial charge in [0.05, 0.1) is 17.3 Å². The molecule has 18 heavy (non-hydrogen) atoms. The number of carbonyl (C=O) groups is 1. The number of aliphatic carboxylic acids is 1. The number of nitrogens with zero attached hydrogens (tertiary/aromatic N) is 1. The standard InChI is InChI=1S/C12H13NO3S2/c1-12(2,10(14)15)18-11-13-8-6-7(16-3)4-5-9(8)17-11/h4-6H,1-3H3,(H,14,15). The zero-order chi connectivity index (χ0) is 13.3. The lowest BCUT2D eigenvalue weighted by Gasteiger charge is -2.15. The van der Waals surface area contributed by atoms with E-state index in [1.807, 2.05) is 18.2 Å². The van der Waals surface area contributed by atoms with E-state index in [4.69, 9.17) is 9.84 Å². The van der Waals surface area contributed by atoms with Gasteiger partial charge < -0.3 is 9.84 Å². The molecule has 0 saturated carbocycles. The quantitative estimate of drug-likeness (QED) is 0.873. The number of rotatable bonds is 4. The molecule has 2 rings (SSSR count). The second-order valence-corrected chi connectivity index (χ2v) is 7.13. The third kappa shape index (κ3) is 2.59. The highest BCUT2D eigenvalue weighted by Gasteiger charge is 2.29. The van der Waals surface area contributed by atoms with E-state index in [0.717, 1.165) is 20.3 Å². The summed E-state index contributed by atoms with van der Waals surface area (Å²) in [6.45, 7) is 3.35. The summed E-state index contributed by atoms with van der Waals surface area (Å²) >= 11 is 2.75. The maximum absolute atomic E-state index is 11.1. The summed E-state index contributed by atoms with van der Waals surface area (Å²) in [6.07, 6.45) is 0. The Morgan fingerprint density at radius 2 is 2.22 bits per heavy atom. The van der Waals surface area contributed by atoms with Crippen LogP contribution in [-0.4, -0.2) is 27.9 Å². The van der Waals surface area contributed by atoms with Gasteiger partial charge in [-0.2, -0.15) is 0 Å². The largest absolute Gasteiger partial charge is 0.497 e. The van der Waals surface area contributed by atoms with Crippen LogP contribution in [-0.2, 0) is 4.79 Å². The Morgan fingerprint density at radius 3 is 2.83 bits per heavy atom. The SMILES string of the molecule is COc1ccc2sc(SC(C)(C)C(=O)O)nc2c1. The number of ether oxygens (including phenoxy) is 1. The highest BCUT2D eigenvalue weighted by atomic mass is 32.2. The third-order valence-electron chi connectivity index (χ3n) is 2.43. The number of carboxylic acid groups (broad SMARTS) is 1. The average Bonchev–Trinajstić information content (AvgIpc) is 2.68. The molecule has 0 bridgehead atoms. The summed E-state index contributed by atoms with van der Waals surface area (Å²) in [7, 11) is 1.61. The Bertz CT molecular complexity index is 592. The van der Waals surface area contributed by atoms with Crippen LogP contribution in [0.4, 0.5) is 0 Å². The van der Waals surface area contributed by atoms with Gasteiger partial charge in [0.1, 0.15) is 10.5 Å². The minimum absolute atomic E-state index is 0.752. The van der Waals surface area contributed by atoms with Crippen molar-refractivity contribution in [2.24, 2.45) is 0 Å². The lowest BCUT2D eigenvalue weighted by molar-refractivity contribution is -0.138. The van der Waals surface area contributed by atoms with Crippen LogP contribution >= 0.6 is 23.1 Å². The average molecular weight is 283 g/mol. The summed E-state index contributed by atoms with van der Waals surface area (Å²) in [6, 6.07) is 5.66. The number of hydrogen-bond donors (Lipinski definition) is 1. The van der Waals surface area contributed by atoms with Gasteiger partial charge in [0.2, 0.25) is 0 Å². The monoisotopic (exact) mass is 283 g/mol. The second-order valence-electron chi connectivity index (χ2n) is 4.23. The Labute approximate surface area is 113 Å². The molecule has 1 heterocycles. The molecule has 0 aliphatic rings. The van der Waals surface area contributed by atoms with Crippen LogP contribution in [0.3, 0.4) is 0 Å². The number of hydrogen-bond acceptors (Lipinski definition) is 5. The van der Waals surface area contributed by atoms with Crippen LogP contribution in [0, 0.1) is 0 Å². The van der Waals surface area contributed by atoms with Crippen LogP contribution in [0.2, 0.25) is 0 Å². The first-order valence-electron chi connectivity index (χ1n) is 5.29. The fourth-order valence-electron chi connectivity index (χ4n) is 1.32. The molecule has 4 nitrogen and oxygen atoms in total. The molecule has 1 aromatic carbocycles. The molecule has 1 N–H and O–H groups in total. The van der Waals surface area contributed by atoms with Crippen LogP contribution < -0.4 is 4.74 Å². The van der Waals surface area contributed by atoms with E-state index < -0.39 is 10.7 Å². The van der Waals surface area contributed by atoms with Crippen molar-refractivity contribution < 1.29 is 14.6 Å². The summed E-state index contributed by atoms with van der Waals surface area (Å²) in [5, 5.41) is 9.10. The van der Waals surface area contributed by atoms with Crippen molar-refractivity contribution in [2.75, 3.05) is 7.11 Å². The Balaban J connectivity index is 2.33. The van der Waals surface area contributed by atoms with Crippen molar-refractivity contribution >= 4 is 39.3 Å². The van der Waals surface area contributed by atoms with Gasteiger partial charge in [0.15, 0.2) is 4.34 Å². The van der Waals surface area contributed by atoms with E-state index >= 15 is 0 Å². The Kier molecular flexibility index (Phi) is 3.49. The van der Waals surface area contributed by atoms with Gasteiger partial charge >= 0.3 is 5.97 Å². The predicted molar refractivity (Wildman–Crippen MR) is 73.7 cm³/mol. The molecule has 0 aliphatic heterocycles. The van der Waals surface area contributed by atoms with Gasteiger partial charge in [-0.1, -0.05) is 11.8 Å². The number of carboxylic acids is 1. The van der Waals surface area contributed by atoms with Gasteiger partial charge in [-0.3, -0.25) is 4.79 Å². The van der Waals surface area contributed by atoms with Crippen molar-refractivity contribution in [1.82, 2.24) is 4.98 Å². The van der Waals surface area contributed by atoms with E-state index in [-0.39, 0.29) is 0 Å². The maximum Gasteiger partial charge on any atom is 0.319 e. The fourth-order valence-corrected chi connectivity index (χ4v) is 3.72. The van der Waals surface area contributed by atoms with E-state index in [9.17, 15) is 4.79 Å². The highest BCUT2D eigenvalue weighted by molar-refractivity contribution is 8.03. The van der Waals surface area contributed by atoms with Crippen LogP contribution in [0.1, 0.15) is 13.8 Å². The Morgan fingerprint density at radius 1 is 1.50 bits per heavy atom. The maximum atomic E-state index is 11.1. The molecular formula is C12H13NO3S2. The number of benzene rings is 1.